The third-order valence-electron chi connectivity index (χ3n) is 4.52. The van der Waals surface area contributed by atoms with Gasteiger partial charge >= 0.3 is 11.9 Å². The number of hydrogen-bond donors (Lipinski definition) is 2. The number of aryl methyl sites for hydroxylation is 1. The molecular weight excluding hydrogens is 476 g/mol. The van der Waals surface area contributed by atoms with E-state index in [0.717, 1.165) is 29.7 Å². The van der Waals surface area contributed by atoms with Crippen molar-refractivity contribution in [3.05, 3.63) is 64.1 Å². The number of halogens is 1. The molecule has 30 heavy (non-hydrogen) atoms. The predicted molar refractivity (Wildman–Crippen MR) is 115 cm³/mol. The molecule has 0 aliphatic carbocycles. The molecule has 10 heteroatoms. The molecule has 0 spiro atoms. The van der Waals surface area contributed by atoms with Crippen LogP contribution in [0.1, 0.15) is 11.1 Å². The Balaban J connectivity index is 0.000000469. The van der Waals surface area contributed by atoms with Crippen molar-refractivity contribution in [1.29, 1.82) is 0 Å². The summed E-state index contributed by atoms with van der Waals surface area (Å²) in [7, 11) is -3.39. The van der Waals surface area contributed by atoms with Gasteiger partial charge in [-0.1, -0.05) is 51.8 Å². The molecule has 1 heterocycles. The first kappa shape index (κ1) is 24.0. The molecule has 2 N–H and O–H groups in total. The van der Waals surface area contributed by atoms with E-state index in [0.29, 0.717) is 18.0 Å². The Morgan fingerprint density at radius 2 is 1.47 bits per heavy atom. The average molecular weight is 499 g/mol. The standard InChI is InChI=1S/C18H21BrN2O2S.C2H2O4/c1-15-6-8-17(9-7-15)24(22,23)21-12-10-20(11-13-21)14-16-4-2-3-5-18(16)19;3-1(4)2(5)6/h2-9H,10-14H2,1H3;(H,3,4)(H,5,6). The van der Waals surface area contributed by atoms with Gasteiger partial charge in [0.15, 0.2) is 0 Å². The highest BCUT2D eigenvalue weighted by Gasteiger charge is 2.28. The Kier molecular flexibility index (Phi) is 8.54. The second-order valence-corrected chi connectivity index (χ2v) is 9.49. The number of rotatable bonds is 4. The van der Waals surface area contributed by atoms with Crippen molar-refractivity contribution in [2.24, 2.45) is 0 Å². The third kappa shape index (κ3) is 6.63. The van der Waals surface area contributed by atoms with Crippen LogP contribution in [0.25, 0.3) is 0 Å². The van der Waals surface area contributed by atoms with Crippen LogP contribution in [-0.2, 0) is 26.2 Å². The molecule has 1 fully saturated rings. The van der Waals surface area contributed by atoms with Crippen molar-refractivity contribution in [2.75, 3.05) is 26.2 Å². The van der Waals surface area contributed by atoms with Crippen LogP contribution in [0.4, 0.5) is 0 Å². The number of aliphatic carboxylic acids is 2. The summed E-state index contributed by atoms with van der Waals surface area (Å²) in [6.45, 7) is 5.33. The van der Waals surface area contributed by atoms with Crippen LogP contribution in [0.3, 0.4) is 0 Å². The number of carboxylic acids is 2. The van der Waals surface area contributed by atoms with Crippen molar-refractivity contribution in [1.82, 2.24) is 9.21 Å². The molecule has 0 bridgehead atoms. The first-order valence-electron chi connectivity index (χ1n) is 9.10. The zero-order chi connectivity index (χ0) is 22.3. The Labute approximate surface area is 183 Å². The van der Waals surface area contributed by atoms with Crippen LogP contribution < -0.4 is 0 Å². The molecular formula is C20H23BrN2O6S. The molecule has 0 saturated carbocycles. The number of carboxylic acid groups (broad SMARTS) is 2. The minimum absolute atomic E-state index is 0.382. The Bertz CT molecular complexity index is 975. The highest BCUT2D eigenvalue weighted by Crippen LogP contribution is 2.21. The summed E-state index contributed by atoms with van der Waals surface area (Å²) < 4.78 is 28.1. The second-order valence-electron chi connectivity index (χ2n) is 6.70. The van der Waals surface area contributed by atoms with Crippen molar-refractivity contribution >= 4 is 37.9 Å². The molecule has 0 amide bonds. The maximum absolute atomic E-state index is 12.7. The summed E-state index contributed by atoms with van der Waals surface area (Å²) in [5.74, 6) is -3.65. The molecule has 1 aliphatic heterocycles. The van der Waals surface area contributed by atoms with Crippen LogP contribution in [0.5, 0.6) is 0 Å². The van der Waals surface area contributed by atoms with Crippen molar-refractivity contribution < 1.29 is 28.2 Å². The normalized spacial score (nSPS) is 15.1. The van der Waals surface area contributed by atoms with E-state index in [1.54, 1.807) is 16.4 Å². The van der Waals surface area contributed by atoms with Gasteiger partial charge in [0.2, 0.25) is 10.0 Å². The van der Waals surface area contributed by atoms with Crippen LogP contribution in [0.15, 0.2) is 57.9 Å². The minimum atomic E-state index is -3.39. The van der Waals surface area contributed by atoms with Gasteiger partial charge in [0.05, 0.1) is 4.90 Å². The maximum atomic E-state index is 12.7. The van der Waals surface area contributed by atoms with E-state index < -0.39 is 22.0 Å². The maximum Gasteiger partial charge on any atom is 0.414 e. The smallest absolute Gasteiger partial charge is 0.414 e. The van der Waals surface area contributed by atoms with E-state index >= 15 is 0 Å². The predicted octanol–water partition coefficient (Wildman–Crippen LogP) is 2.42. The van der Waals surface area contributed by atoms with Gasteiger partial charge in [-0.2, -0.15) is 4.31 Å². The minimum Gasteiger partial charge on any atom is -0.473 e. The van der Waals surface area contributed by atoms with E-state index in [1.165, 1.54) is 5.56 Å². The second kappa shape index (κ2) is 10.7. The Hall–Kier alpha value is -2.27. The highest BCUT2D eigenvalue weighted by molar-refractivity contribution is 9.10. The summed E-state index contributed by atoms with van der Waals surface area (Å²) in [5.41, 5.74) is 2.29. The van der Waals surface area contributed by atoms with E-state index in [9.17, 15) is 8.42 Å². The summed E-state index contributed by atoms with van der Waals surface area (Å²) in [6.07, 6.45) is 0. The van der Waals surface area contributed by atoms with Crippen LogP contribution in [-0.4, -0.2) is 66.0 Å². The van der Waals surface area contributed by atoms with Gasteiger partial charge in [-0.3, -0.25) is 4.90 Å². The average Bonchev–Trinajstić information content (AvgIpc) is 2.71. The topological polar surface area (TPSA) is 115 Å². The lowest BCUT2D eigenvalue weighted by atomic mass is 10.2. The van der Waals surface area contributed by atoms with Crippen molar-refractivity contribution in [3.8, 4) is 0 Å². The monoisotopic (exact) mass is 498 g/mol. The molecule has 2 aromatic carbocycles. The molecule has 0 aromatic heterocycles. The molecule has 162 valence electrons. The largest absolute Gasteiger partial charge is 0.473 e. The lowest BCUT2D eigenvalue weighted by Crippen LogP contribution is -2.48. The lowest BCUT2D eigenvalue weighted by Gasteiger charge is -2.34. The zero-order valence-electron chi connectivity index (χ0n) is 16.4. The number of nitrogens with zero attached hydrogens (tertiary/aromatic N) is 2. The number of sulfonamides is 1. The Morgan fingerprint density at radius 3 is 1.97 bits per heavy atom. The number of piperazine rings is 1. The van der Waals surface area contributed by atoms with E-state index in [2.05, 4.69) is 26.9 Å². The van der Waals surface area contributed by atoms with Gasteiger partial charge in [-0.15, -0.1) is 0 Å². The van der Waals surface area contributed by atoms with Crippen LogP contribution in [0, 0.1) is 6.92 Å². The first-order chi connectivity index (χ1) is 14.1. The van der Waals surface area contributed by atoms with E-state index in [1.807, 2.05) is 37.3 Å². The molecule has 0 atom stereocenters. The quantitative estimate of drug-likeness (QED) is 0.621. The molecule has 1 saturated heterocycles. The van der Waals surface area contributed by atoms with Gasteiger partial charge in [-0.05, 0) is 30.7 Å². The molecule has 2 aromatic rings. The molecule has 0 radical (unpaired) electrons. The summed E-state index contributed by atoms with van der Waals surface area (Å²) >= 11 is 3.57. The van der Waals surface area contributed by atoms with Gasteiger partial charge in [0.1, 0.15) is 0 Å². The van der Waals surface area contributed by atoms with Crippen molar-refractivity contribution in [2.45, 2.75) is 18.4 Å². The van der Waals surface area contributed by atoms with Gasteiger partial charge < -0.3 is 10.2 Å². The number of hydrogen-bond acceptors (Lipinski definition) is 5. The van der Waals surface area contributed by atoms with E-state index in [-0.39, 0.29) is 0 Å². The lowest BCUT2D eigenvalue weighted by molar-refractivity contribution is -0.159. The molecule has 0 unspecified atom stereocenters. The zero-order valence-corrected chi connectivity index (χ0v) is 18.8. The van der Waals surface area contributed by atoms with Gasteiger partial charge in [0, 0.05) is 37.2 Å². The summed E-state index contributed by atoms with van der Waals surface area (Å²) in [6, 6.07) is 15.2. The fourth-order valence-electron chi connectivity index (χ4n) is 2.85. The molecule has 8 nitrogen and oxygen atoms in total. The number of carbonyl (C=O) groups is 2. The van der Waals surface area contributed by atoms with Crippen LogP contribution >= 0.6 is 15.9 Å². The fraction of sp³-hybridized carbons (Fsp3) is 0.300. The van der Waals surface area contributed by atoms with Gasteiger partial charge in [-0.25, -0.2) is 18.0 Å². The van der Waals surface area contributed by atoms with Crippen LogP contribution in [0.2, 0.25) is 0 Å². The highest BCUT2D eigenvalue weighted by atomic mass is 79.9. The molecule has 3 rings (SSSR count). The van der Waals surface area contributed by atoms with E-state index in [4.69, 9.17) is 19.8 Å². The first-order valence-corrected chi connectivity index (χ1v) is 11.3. The SMILES string of the molecule is Cc1ccc(S(=O)(=O)N2CCN(Cc3ccccc3Br)CC2)cc1.O=C(O)C(=O)O. The summed E-state index contributed by atoms with van der Waals surface area (Å²) in [4.78, 5) is 20.9. The van der Waals surface area contributed by atoms with Crippen molar-refractivity contribution in [3.63, 3.8) is 0 Å². The molecule has 1 aliphatic rings. The Morgan fingerprint density at radius 1 is 0.933 bits per heavy atom. The fourth-order valence-corrected chi connectivity index (χ4v) is 4.69. The van der Waals surface area contributed by atoms with Gasteiger partial charge in [0.25, 0.3) is 0 Å². The number of benzene rings is 2. The third-order valence-corrected chi connectivity index (χ3v) is 7.21. The summed E-state index contributed by atoms with van der Waals surface area (Å²) in [5, 5.41) is 14.8.